The Morgan fingerprint density at radius 2 is 2.16 bits per heavy atom. The number of halogens is 2. The maximum Gasteiger partial charge on any atom is 0.213 e. The highest BCUT2D eigenvalue weighted by molar-refractivity contribution is 9.10. The molecule has 0 fully saturated rings. The smallest absolute Gasteiger partial charge is 0.213 e. The standard InChI is InChI=1S/C14H14BrFN2O/c1-19-13-7-10(5-6-18-13)8-17-9-11-3-2-4-12(16)14(11)15/h2-7,17H,8-9H2,1H3. The van der Waals surface area contributed by atoms with Gasteiger partial charge in [-0.2, -0.15) is 0 Å². The molecule has 2 aromatic rings. The minimum Gasteiger partial charge on any atom is -0.481 e. The van der Waals surface area contributed by atoms with E-state index in [0.717, 1.165) is 11.1 Å². The van der Waals surface area contributed by atoms with Crippen molar-refractivity contribution in [1.29, 1.82) is 0 Å². The van der Waals surface area contributed by atoms with Gasteiger partial charge in [-0.25, -0.2) is 9.37 Å². The molecular formula is C14H14BrFN2O. The van der Waals surface area contributed by atoms with Crippen LogP contribution in [0.4, 0.5) is 4.39 Å². The molecule has 1 N–H and O–H groups in total. The summed E-state index contributed by atoms with van der Waals surface area (Å²) in [6.07, 6.45) is 1.70. The quantitative estimate of drug-likeness (QED) is 0.916. The van der Waals surface area contributed by atoms with Gasteiger partial charge in [-0.3, -0.25) is 0 Å². The van der Waals surface area contributed by atoms with Crippen LogP contribution in [0.25, 0.3) is 0 Å². The summed E-state index contributed by atoms with van der Waals surface area (Å²) in [6, 6.07) is 8.80. The third-order valence-corrected chi connectivity index (χ3v) is 3.57. The molecule has 1 aromatic carbocycles. The molecule has 0 saturated carbocycles. The van der Waals surface area contributed by atoms with Gasteiger partial charge in [0.2, 0.25) is 5.88 Å². The van der Waals surface area contributed by atoms with E-state index in [4.69, 9.17) is 4.74 Å². The first kappa shape index (κ1) is 14.0. The Bertz CT molecular complexity index is 563. The average molecular weight is 325 g/mol. The molecule has 0 saturated heterocycles. The van der Waals surface area contributed by atoms with E-state index >= 15 is 0 Å². The van der Waals surface area contributed by atoms with Crippen molar-refractivity contribution in [2.24, 2.45) is 0 Å². The summed E-state index contributed by atoms with van der Waals surface area (Å²) in [4.78, 5) is 4.04. The maximum absolute atomic E-state index is 13.3. The van der Waals surface area contributed by atoms with Gasteiger partial charge < -0.3 is 10.1 Å². The van der Waals surface area contributed by atoms with Crippen LogP contribution in [-0.2, 0) is 13.1 Å². The van der Waals surface area contributed by atoms with Crippen LogP contribution >= 0.6 is 15.9 Å². The molecule has 0 aliphatic heterocycles. The summed E-state index contributed by atoms with van der Waals surface area (Å²) in [5.41, 5.74) is 1.96. The molecule has 5 heteroatoms. The highest BCUT2D eigenvalue weighted by Crippen LogP contribution is 2.20. The van der Waals surface area contributed by atoms with E-state index in [1.165, 1.54) is 6.07 Å². The number of benzene rings is 1. The van der Waals surface area contributed by atoms with Gasteiger partial charge in [0, 0.05) is 25.4 Å². The van der Waals surface area contributed by atoms with Gasteiger partial charge in [0.25, 0.3) is 0 Å². The summed E-state index contributed by atoms with van der Waals surface area (Å²) in [7, 11) is 1.59. The second-order valence-electron chi connectivity index (χ2n) is 4.02. The van der Waals surface area contributed by atoms with Gasteiger partial charge in [-0.15, -0.1) is 0 Å². The second kappa shape index (κ2) is 6.63. The van der Waals surface area contributed by atoms with Crippen molar-refractivity contribution >= 4 is 15.9 Å². The predicted molar refractivity (Wildman–Crippen MR) is 75.4 cm³/mol. The topological polar surface area (TPSA) is 34.1 Å². The predicted octanol–water partition coefficient (Wildman–Crippen LogP) is 3.28. The highest BCUT2D eigenvalue weighted by Gasteiger charge is 2.04. The number of aromatic nitrogens is 1. The van der Waals surface area contributed by atoms with E-state index in [2.05, 4.69) is 26.2 Å². The van der Waals surface area contributed by atoms with E-state index in [-0.39, 0.29) is 5.82 Å². The fourth-order valence-corrected chi connectivity index (χ4v) is 2.10. The lowest BCUT2D eigenvalue weighted by atomic mass is 10.2. The lowest BCUT2D eigenvalue weighted by Gasteiger charge is -2.08. The van der Waals surface area contributed by atoms with Gasteiger partial charge in [-0.1, -0.05) is 12.1 Å². The van der Waals surface area contributed by atoms with Gasteiger partial charge in [0.1, 0.15) is 5.82 Å². The second-order valence-corrected chi connectivity index (χ2v) is 4.82. The van der Waals surface area contributed by atoms with E-state index in [0.29, 0.717) is 23.4 Å². The SMILES string of the molecule is COc1cc(CNCc2cccc(F)c2Br)ccn1. The molecular weight excluding hydrogens is 311 g/mol. The van der Waals surface area contributed by atoms with Crippen molar-refractivity contribution in [3.8, 4) is 5.88 Å². The van der Waals surface area contributed by atoms with Crippen molar-refractivity contribution in [2.45, 2.75) is 13.1 Å². The number of nitrogens with one attached hydrogen (secondary N) is 1. The van der Waals surface area contributed by atoms with Gasteiger partial charge >= 0.3 is 0 Å². The van der Waals surface area contributed by atoms with Gasteiger partial charge in [0.15, 0.2) is 0 Å². The normalized spacial score (nSPS) is 10.5. The minimum atomic E-state index is -0.245. The largest absolute Gasteiger partial charge is 0.481 e. The van der Waals surface area contributed by atoms with E-state index in [1.807, 2.05) is 18.2 Å². The summed E-state index contributed by atoms with van der Waals surface area (Å²) < 4.78 is 18.9. The van der Waals surface area contributed by atoms with Gasteiger partial charge in [-0.05, 0) is 39.2 Å². The molecule has 100 valence electrons. The van der Waals surface area contributed by atoms with Crippen molar-refractivity contribution in [3.63, 3.8) is 0 Å². The van der Waals surface area contributed by atoms with Crippen molar-refractivity contribution in [1.82, 2.24) is 10.3 Å². The highest BCUT2D eigenvalue weighted by atomic mass is 79.9. The third-order valence-electron chi connectivity index (χ3n) is 2.68. The van der Waals surface area contributed by atoms with E-state index < -0.39 is 0 Å². The molecule has 3 nitrogen and oxygen atoms in total. The first-order chi connectivity index (χ1) is 9.20. The lowest BCUT2D eigenvalue weighted by Crippen LogP contribution is -2.13. The molecule has 19 heavy (non-hydrogen) atoms. The fraction of sp³-hybridized carbons (Fsp3) is 0.214. The first-order valence-corrected chi connectivity index (χ1v) is 6.62. The summed E-state index contributed by atoms with van der Waals surface area (Å²) in [5, 5.41) is 3.26. The number of rotatable bonds is 5. The van der Waals surface area contributed by atoms with Crippen molar-refractivity contribution in [2.75, 3.05) is 7.11 Å². The Morgan fingerprint density at radius 3 is 2.95 bits per heavy atom. The van der Waals surface area contributed by atoms with Crippen LogP contribution in [0.2, 0.25) is 0 Å². The van der Waals surface area contributed by atoms with Crippen LogP contribution in [0.1, 0.15) is 11.1 Å². The molecule has 1 heterocycles. The molecule has 0 atom stereocenters. The molecule has 0 amide bonds. The minimum absolute atomic E-state index is 0.245. The zero-order valence-electron chi connectivity index (χ0n) is 10.5. The number of pyridine rings is 1. The van der Waals surface area contributed by atoms with Crippen LogP contribution in [0, 0.1) is 5.82 Å². The first-order valence-electron chi connectivity index (χ1n) is 5.83. The monoisotopic (exact) mass is 324 g/mol. The molecule has 1 aromatic heterocycles. The zero-order chi connectivity index (χ0) is 13.7. The number of hydrogen-bond donors (Lipinski definition) is 1. The Kier molecular flexibility index (Phi) is 4.87. The van der Waals surface area contributed by atoms with Gasteiger partial charge in [0.05, 0.1) is 11.6 Å². The summed E-state index contributed by atoms with van der Waals surface area (Å²) in [6.45, 7) is 1.25. The van der Waals surface area contributed by atoms with Crippen LogP contribution in [0.3, 0.4) is 0 Å². The molecule has 0 spiro atoms. The molecule has 2 rings (SSSR count). The third kappa shape index (κ3) is 3.75. The van der Waals surface area contributed by atoms with Crippen LogP contribution < -0.4 is 10.1 Å². The molecule has 0 aliphatic carbocycles. The average Bonchev–Trinajstić information content (AvgIpc) is 2.44. The Labute approximate surface area is 119 Å². The number of hydrogen-bond acceptors (Lipinski definition) is 3. The van der Waals surface area contributed by atoms with Crippen LogP contribution in [0.15, 0.2) is 41.0 Å². The lowest BCUT2D eigenvalue weighted by molar-refractivity contribution is 0.397. The summed E-state index contributed by atoms with van der Waals surface area (Å²) >= 11 is 3.24. The Balaban J connectivity index is 1.94. The van der Waals surface area contributed by atoms with Crippen molar-refractivity contribution in [3.05, 3.63) is 57.9 Å². The molecule has 0 unspecified atom stereocenters. The van der Waals surface area contributed by atoms with Crippen LogP contribution in [-0.4, -0.2) is 12.1 Å². The number of nitrogens with zero attached hydrogens (tertiary/aromatic N) is 1. The molecule has 0 aliphatic rings. The van der Waals surface area contributed by atoms with Crippen LogP contribution in [0.5, 0.6) is 5.88 Å². The van der Waals surface area contributed by atoms with Crippen molar-refractivity contribution < 1.29 is 9.13 Å². The Morgan fingerprint density at radius 1 is 1.32 bits per heavy atom. The zero-order valence-corrected chi connectivity index (χ0v) is 12.1. The maximum atomic E-state index is 13.3. The number of ether oxygens (including phenoxy) is 1. The summed E-state index contributed by atoms with van der Waals surface area (Å²) in [5.74, 6) is 0.344. The molecule has 0 radical (unpaired) electrons. The fourth-order valence-electron chi connectivity index (χ4n) is 1.70. The van der Waals surface area contributed by atoms with E-state index in [9.17, 15) is 4.39 Å². The van der Waals surface area contributed by atoms with E-state index in [1.54, 1.807) is 19.4 Å². The number of methoxy groups -OCH3 is 1. The molecule has 0 bridgehead atoms. The Hall–Kier alpha value is -1.46.